The molecule has 1 aliphatic heterocycles. The van der Waals surface area contributed by atoms with Crippen LogP contribution in [0.1, 0.15) is 31.9 Å². The van der Waals surface area contributed by atoms with E-state index in [2.05, 4.69) is 0 Å². The Balaban J connectivity index is 1.69. The fourth-order valence-corrected chi connectivity index (χ4v) is 2.63. The summed E-state index contributed by atoms with van der Waals surface area (Å²) in [6.45, 7) is 8.06. The molecule has 6 heteroatoms. The van der Waals surface area contributed by atoms with E-state index in [4.69, 9.17) is 28.4 Å². The van der Waals surface area contributed by atoms with Crippen molar-refractivity contribution in [2.75, 3.05) is 26.9 Å². The van der Waals surface area contributed by atoms with Crippen molar-refractivity contribution in [2.24, 2.45) is 0 Å². The highest BCUT2D eigenvalue weighted by Crippen LogP contribution is 2.30. The molecular weight excluding hydrogens is 312 g/mol. The Morgan fingerprint density at radius 3 is 2.46 bits per heavy atom. The van der Waals surface area contributed by atoms with E-state index in [9.17, 15) is 0 Å². The predicted molar refractivity (Wildman–Crippen MR) is 88.2 cm³/mol. The zero-order valence-electron chi connectivity index (χ0n) is 14.9. The van der Waals surface area contributed by atoms with Crippen LogP contribution < -0.4 is 0 Å². The molecule has 6 nitrogen and oxygen atoms in total. The topological polar surface area (TPSA) is 55.4 Å². The van der Waals surface area contributed by atoms with Gasteiger partial charge in [-0.1, -0.05) is 24.3 Å². The van der Waals surface area contributed by atoms with Crippen molar-refractivity contribution < 1.29 is 28.4 Å². The zero-order valence-corrected chi connectivity index (χ0v) is 14.9. The first-order valence-electron chi connectivity index (χ1n) is 8.32. The molecule has 0 spiro atoms. The molecule has 1 heterocycles. The third-order valence-corrected chi connectivity index (χ3v) is 3.71. The molecule has 1 aromatic rings. The summed E-state index contributed by atoms with van der Waals surface area (Å²) in [6, 6.07) is 8.07. The molecular formula is C18H28O6. The Morgan fingerprint density at radius 1 is 1.08 bits per heavy atom. The average molecular weight is 340 g/mol. The van der Waals surface area contributed by atoms with Gasteiger partial charge in [0, 0.05) is 20.6 Å². The summed E-state index contributed by atoms with van der Waals surface area (Å²) < 4.78 is 33.4. The Morgan fingerprint density at radius 2 is 1.79 bits per heavy atom. The van der Waals surface area contributed by atoms with E-state index >= 15 is 0 Å². The summed E-state index contributed by atoms with van der Waals surface area (Å²) in [5.41, 5.74) is 2.26. The molecule has 1 aliphatic rings. The van der Waals surface area contributed by atoms with Crippen LogP contribution in [-0.4, -0.2) is 45.3 Å². The SMILES string of the molecule is CCOC1(C)OC(C)[C@H](OCCOCc2ccccc2COC)O1. The van der Waals surface area contributed by atoms with E-state index < -0.39 is 12.3 Å². The van der Waals surface area contributed by atoms with Crippen molar-refractivity contribution in [1.29, 1.82) is 0 Å². The van der Waals surface area contributed by atoms with Gasteiger partial charge in [-0.15, -0.1) is 0 Å². The monoisotopic (exact) mass is 340 g/mol. The highest BCUT2D eigenvalue weighted by atomic mass is 16.9. The second-order valence-electron chi connectivity index (χ2n) is 5.73. The maximum atomic E-state index is 5.70. The van der Waals surface area contributed by atoms with Crippen LogP contribution in [0.25, 0.3) is 0 Å². The summed E-state index contributed by atoms with van der Waals surface area (Å²) in [7, 11) is 1.69. The lowest BCUT2D eigenvalue weighted by atomic mass is 10.1. The Labute approximate surface area is 143 Å². The standard InChI is InChI=1S/C18H28O6/c1-5-22-18(3)23-14(2)17(24-18)21-11-10-20-13-16-9-7-6-8-15(16)12-19-4/h6-9,14,17H,5,10-13H2,1-4H3/t14?,17-,18?/m1/s1. The van der Waals surface area contributed by atoms with Crippen LogP contribution in [0.3, 0.4) is 0 Å². The number of hydrogen-bond acceptors (Lipinski definition) is 6. The lowest BCUT2D eigenvalue weighted by Crippen LogP contribution is -2.31. The molecule has 0 N–H and O–H groups in total. The quantitative estimate of drug-likeness (QED) is 0.611. The van der Waals surface area contributed by atoms with Crippen molar-refractivity contribution >= 4 is 0 Å². The lowest BCUT2D eigenvalue weighted by Gasteiger charge is -2.22. The molecule has 0 aliphatic carbocycles. The highest BCUT2D eigenvalue weighted by Gasteiger charge is 2.43. The van der Waals surface area contributed by atoms with Crippen LogP contribution in [0.15, 0.2) is 24.3 Å². The fraction of sp³-hybridized carbons (Fsp3) is 0.667. The van der Waals surface area contributed by atoms with Gasteiger partial charge in [0.2, 0.25) is 0 Å². The van der Waals surface area contributed by atoms with Crippen molar-refractivity contribution in [1.82, 2.24) is 0 Å². The minimum absolute atomic E-state index is 0.191. The van der Waals surface area contributed by atoms with E-state index in [-0.39, 0.29) is 6.10 Å². The number of rotatable bonds is 10. The van der Waals surface area contributed by atoms with E-state index in [1.165, 1.54) is 0 Å². The fourth-order valence-electron chi connectivity index (χ4n) is 2.63. The van der Waals surface area contributed by atoms with E-state index in [0.717, 1.165) is 11.1 Å². The molecule has 24 heavy (non-hydrogen) atoms. The molecule has 1 aromatic carbocycles. The van der Waals surface area contributed by atoms with Crippen molar-refractivity contribution in [2.45, 2.75) is 52.4 Å². The second kappa shape index (κ2) is 9.46. The third-order valence-electron chi connectivity index (χ3n) is 3.71. The van der Waals surface area contributed by atoms with Gasteiger partial charge in [-0.3, -0.25) is 4.74 Å². The van der Waals surface area contributed by atoms with Crippen LogP contribution in [0.4, 0.5) is 0 Å². The first-order valence-corrected chi connectivity index (χ1v) is 8.32. The summed E-state index contributed by atoms with van der Waals surface area (Å²) in [5, 5.41) is 0. The first kappa shape index (κ1) is 19.3. The van der Waals surface area contributed by atoms with E-state index in [1.807, 2.05) is 38.1 Å². The number of methoxy groups -OCH3 is 1. The normalized spacial score (nSPS) is 26.8. The molecule has 2 unspecified atom stereocenters. The Bertz CT molecular complexity index is 494. The van der Waals surface area contributed by atoms with E-state index in [1.54, 1.807) is 14.0 Å². The number of ether oxygens (including phenoxy) is 6. The molecule has 0 bridgehead atoms. The van der Waals surface area contributed by atoms with Crippen LogP contribution in [0.2, 0.25) is 0 Å². The number of hydrogen-bond donors (Lipinski definition) is 0. The van der Waals surface area contributed by atoms with Crippen LogP contribution in [0.5, 0.6) is 0 Å². The van der Waals surface area contributed by atoms with Gasteiger partial charge in [-0.05, 0) is 25.0 Å². The second-order valence-corrected chi connectivity index (χ2v) is 5.73. The Hall–Kier alpha value is -1.02. The van der Waals surface area contributed by atoms with Gasteiger partial charge in [-0.2, -0.15) is 0 Å². The Kier molecular flexibility index (Phi) is 7.61. The molecule has 0 saturated carbocycles. The molecule has 2 rings (SSSR count). The maximum absolute atomic E-state index is 5.70. The molecule has 3 atom stereocenters. The summed E-state index contributed by atoms with van der Waals surface area (Å²) >= 11 is 0. The molecule has 0 aromatic heterocycles. The summed E-state index contributed by atoms with van der Waals surface area (Å²) in [6.07, 6.45) is -0.644. The van der Waals surface area contributed by atoms with Crippen LogP contribution in [-0.2, 0) is 41.6 Å². The molecule has 0 radical (unpaired) electrons. The molecule has 136 valence electrons. The van der Waals surface area contributed by atoms with Crippen molar-refractivity contribution in [3.8, 4) is 0 Å². The predicted octanol–water partition coefficient (Wildman–Crippen LogP) is 2.84. The zero-order chi connectivity index (χ0) is 17.4. The molecule has 1 fully saturated rings. The van der Waals surface area contributed by atoms with Gasteiger partial charge in [0.15, 0.2) is 6.29 Å². The summed E-state index contributed by atoms with van der Waals surface area (Å²) in [4.78, 5) is 0. The van der Waals surface area contributed by atoms with Gasteiger partial charge in [0.25, 0.3) is 5.97 Å². The average Bonchev–Trinajstić information content (AvgIpc) is 2.83. The molecule has 0 amide bonds. The smallest absolute Gasteiger partial charge is 0.282 e. The van der Waals surface area contributed by atoms with Gasteiger partial charge in [0.05, 0.1) is 26.4 Å². The van der Waals surface area contributed by atoms with Gasteiger partial charge < -0.3 is 23.7 Å². The summed E-state index contributed by atoms with van der Waals surface area (Å²) in [5.74, 6) is -1.03. The highest BCUT2D eigenvalue weighted by molar-refractivity contribution is 5.25. The third kappa shape index (κ3) is 5.51. The lowest BCUT2D eigenvalue weighted by molar-refractivity contribution is -0.340. The minimum Gasteiger partial charge on any atom is -0.380 e. The molecule has 1 saturated heterocycles. The van der Waals surface area contributed by atoms with Crippen molar-refractivity contribution in [3.05, 3.63) is 35.4 Å². The van der Waals surface area contributed by atoms with Crippen LogP contribution >= 0.6 is 0 Å². The van der Waals surface area contributed by atoms with E-state index in [0.29, 0.717) is 33.0 Å². The van der Waals surface area contributed by atoms with Gasteiger partial charge in [-0.25, -0.2) is 0 Å². The van der Waals surface area contributed by atoms with Gasteiger partial charge >= 0.3 is 0 Å². The maximum Gasteiger partial charge on any atom is 0.282 e. The van der Waals surface area contributed by atoms with Gasteiger partial charge in [0.1, 0.15) is 6.10 Å². The number of benzene rings is 1. The largest absolute Gasteiger partial charge is 0.380 e. The van der Waals surface area contributed by atoms with Crippen molar-refractivity contribution in [3.63, 3.8) is 0 Å². The minimum atomic E-state index is -1.03. The van der Waals surface area contributed by atoms with Crippen LogP contribution in [0, 0.1) is 0 Å². The first-order chi connectivity index (χ1) is 11.6.